The van der Waals surface area contributed by atoms with Crippen LogP contribution in [-0.4, -0.2) is 25.0 Å². The lowest BCUT2D eigenvalue weighted by atomic mass is 10.2. The van der Waals surface area contributed by atoms with Gasteiger partial charge >= 0.3 is 0 Å². The predicted octanol–water partition coefficient (Wildman–Crippen LogP) is 1.85. The molecule has 3 nitrogen and oxygen atoms in total. The molecule has 0 radical (unpaired) electrons. The molecule has 1 saturated heterocycles. The maximum absolute atomic E-state index is 13.0. The first-order chi connectivity index (χ1) is 8.13. The zero-order chi connectivity index (χ0) is 12.4. The van der Waals surface area contributed by atoms with Crippen molar-refractivity contribution >= 4 is 11.6 Å². The van der Waals surface area contributed by atoms with E-state index in [4.69, 9.17) is 0 Å². The summed E-state index contributed by atoms with van der Waals surface area (Å²) in [4.78, 5) is 13.8. The monoisotopic (exact) mass is 236 g/mol. The minimum Gasteiger partial charge on any atom is -0.311 e. The Balaban J connectivity index is 2.21. The van der Waals surface area contributed by atoms with Gasteiger partial charge in [0.2, 0.25) is 5.91 Å². The summed E-state index contributed by atoms with van der Waals surface area (Å²) in [6.45, 7) is 5.29. The van der Waals surface area contributed by atoms with Crippen molar-refractivity contribution < 1.29 is 9.18 Å². The molecule has 0 spiro atoms. The summed E-state index contributed by atoms with van der Waals surface area (Å²) >= 11 is 0. The van der Waals surface area contributed by atoms with Crippen LogP contribution in [0.2, 0.25) is 0 Å². The van der Waals surface area contributed by atoms with Crippen molar-refractivity contribution in [2.75, 3.05) is 18.0 Å². The van der Waals surface area contributed by atoms with Gasteiger partial charge in [-0.3, -0.25) is 4.79 Å². The summed E-state index contributed by atoms with van der Waals surface area (Å²) in [5.74, 6) is -0.178. The van der Waals surface area contributed by atoms with Crippen LogP contribution >= 0.6 is 0 Å². The minimum absolute atomic E-state index is 0.0848. The first kappa shape index (κ1) is 12.0. The van der Waals surface area contributed by atoms with Crippen LogP contribution in [0, 0.1) is 12.7 Å². The van der Waals surface area contributed by atoms with Crippen molar-refractivity contribution in [1.29, 1.82) is 0 Å². The summed E-state index contributed by atoms with van der Waals surface area (Å²) in [5, 5.41) is 3.16. The van der Waals surface area contributed by atoms with Gasteiger partial charge in [-0.15, -0.1) is 0 Å². The molecule has 1 heterocycles. The van der Waals surface area contributed by atoms with Crippen LogP contribution < -0.4 is 10.2 Å². The summed E-state index contributed by atoms with van der Waals surface area (Å²) in [6, 6.07) is 4.44. The molecule has 1 fully saturated rings. The van der Waals surface area contributed by atoms with Crippen molar-refractivity contribution in [3.63, 3.8) is 0 Å². The number of rotatable bonds is 3. The SMILES string of the molecule is CCNC1CCN(c2ccc(F)cc2C)C1=O. The first-order valence-electron chi connectivity index (χ1n) is 5.94. The van der Waals surface area contributed by atoms with Gasteiger partial charge in [-0.1, -0.05) is 6.92 Å². The lowest BCUT2D eigenvalue weighted by Gasteiger charge is -2.19. The normalized spacial score (nSPS) is 20.1. The molecule has 0 aromatic heterocycles. The molecule has 1 aliphatic heterocycles. The van der Waals surface area contributed by atoms with Gasteiger partial charge in [0, 0.05) is 12.2 Å². The van der Waals surface area contributed by atoms with E-state index in [1.807, 2.05) is 13.8 Å². The summed E-state index contributed by atoms with van der Waals surface area (Å²) in [7, 11) is 0. The van der Waals surface area contributed by atoms with Crippen LogP contribution in [0.15, 0.2) is 18.2 Å². The Morgan fingerprint density at radius 3 is 2.94 bits per heavy atom. The van der Waals surface area contributed by atoms with Crippen molar-refractivity contribution in [2.24, 2.45) is 0 Å². The van der Waals surface area contributed by atoms with Gasteiger partial charge in [0.15, 0.2) is 0 Å². The quantitative estimate of drug-likeness (QED) is 0.868. The second kappa shape index (κ2) is 4.84. The molecule has 1 N–H and O–H groups in total. The molecule has 1 unspecified atom stereocenters. The van der Waals surface area contributed by atoms with E-state index >= 15 is 0 Å². The Morgan fingerprint density at radius 2 is 2.29 bits per heavy atom. The van der Waals surface area contributed by atoms with Gasteiger partial charge in [-0.25, -0.2) is 4.39 Å². The molecule has 1 amide bonds. The van der Waals surface area contributed by atoms with E-state index in [0.717, 1.165) is 24.2 Å². The topological polar surface area (TPSA) is 32.3 Å². The van der Waals surface area contributed by atoms with Gasteiger partial charge in [-0.2, -0.15) is 0 Å². The number of hydrogen-bond donors (Lipinski definition) is 1. The second-order valence-electron chi connectivity index (χ2n) is 4.32. The minimum atomic E-state index is -0.263. The van der Waals surface area contributed by atoms with E-state index in [1.54, 1.807) is 11.0 Å². The molecular weight excluding hydrogens is 219 g/mol. The van der Waals surface area contributed by atoms with Crippen LogP contribution in [0.5, 0.6) is 0 Å². The molecular formula is C13H17FN2O. The fourth-order valence-electron chi connectivity index (χ4n) is 2.28. The van der Waals surface area contributed by atoms with Crippen molar-refractivity contribution in [3.05, 3.63) is 29.6 Å². The Kier molecular flexibility index (Phi) is 3.43. The fraction of sp³-hybridized carbons (Fsp3) is 0.462. The third-order valence-electron chi connectivity index (χ3n) is 3.11. The van der Waals surface area contributed by atoms with Gasteiger partial charge in [0.25, 0.3) is 0 Å². The van der Waals surface area contributed by atoms with Gasteiger partial charge in [0.1, 0.15) is 5.82 Å². The third kappa shape index (κ3) is 2.31. The van der Waals surface area contributed by atoms with Gasteiger partial charge < -0.3 is 10.2 Å². The number of amides is 1. The standard InChI is InChI=1S/C13H17FN2O/c1-3-15-11-6-7-16(13(11)17)12-5-4-10(14)8-9(12)2/h4-5,8,11,15H,3,6-7H2,1-2H3. The molecule has 1 aromatic carbocycles. The van der Waals surface area contributed by atoms with Crippen LogP contribution in [0.3, 0.4) is 0 Å². The predicted molar refractivity (Wildman–Crippen MR) is 65.6 cm³/mol. The van der Waals surface area contributed by atoms with Crippen LogP contribution in [0.25, 0.3) is 0 Å². The number of halogens is 1. The van der Waals surface area contributed by atoms with E-state index in [0.29, 0.717) is 6.54 Å². The second-order valence-corrected chi connectivity index (χ2v) is 4.32. The number of likely N-dealkylation sites (N-methyl/N-ethyl adjacent to an activating group) is 1. The van der Waals surface area contributed by atoms with Gasteiger partial charge in [0.05, 0.1) is 6.04 Å². The Labute approximate surface area is 101 Å². The molecule has 0 aliphatic carbocycles. The molecule has 0 saturated carbocycles. The highest BCUT2D eigenvalue weighted by Crippen LogP contribution is 2.25. The van der Waals surface area contributed by atoms with Crippen LogP contribution in [-0.2, 0) is 4.79 Å². The number of benzene rings is 1. The number of carbonyl (C=O) groups excluding carboxylic acids is 1. The zero-order valence-corrected chi connectivity index (χ0v) is 10.2. The number of carbonyl (C=O) groups is 1. The molecule has 2 rings (SSSR count). The molecule has 0 bridgehead atoms. The molecule has 4 heteroatoms. The highest BCUT2D eigenvalue weighted by Gasteiger charge is 2.32. The molecule has 1 aromatic rings. The molecule has 17 heavy (non-hydrogen) atoms. The number of nitrogens with zero attached hydrogens (tertiary/aromatic N) is 1. The van der Waals surface area contributed by atoms with E-state index in [9.17, 15) is 9.18 Å². The van der Waals surface area contributed by atoms with Crippen LogP contribution in [0.1, 0.15) is 18.9 Å². The number of nitrogens with one attached hydrogen (secondary N) is 1. The zero-order valence-electron chi connectivity index (χ0n) is 10.2. The Morgan fingerprint density at radius 1 is 1.53 bits per heavy atom. The molecule has 1 aliphatic rings. The summed E-state index contributed by atoms with van der Waals surface area (Å²) < 4.78 is 13.0. The van der Waals surface area contributed by atoms with Crippen molar-refractivity contribution in [3.8, 4) is 0 Å². The number of anilines is 1. The van der Waals surface area contributed by atoms with E-state index in [1.165, 1.54) is 12.1 Å². The highest BCUT2D eigenvalue weighted by atomic mass is 19.1. The summed E-state index contributed by atoms with van der Waals surface area (Å²) in [6.07, 6.45) is 0.809. The van der Waals surface area contributed by atoms with Crippen molar-refractivity contribution in [2.45, 2.75) is 26.3 Å². The average Bonchev–Trinajstić information content (AvgIpc) is 2.62. The fourth-order valence-corrected chi connectivity index (χ4v) is 2.28. The van der Waals surface area contributed by atoms with E-state index in [-0.39, 0.29) is 17.8 Å². The third-order valence-corrected chi connectivity index (χ3v) is 3.11. The molecule has 1 atom stereocenters. The van der Waals surface area contributed by atoms with E-state index in [2.05, 4.69) is 5.32 Å². The van der Waals surface area contributed by atoms with Gasteiger partial charge in [-0.05, 0) is 43.7 Å². The number of hydrogen-bond acceptors (Lipinski definition) is 2. The van der Waals surface area contributed by atoms with Crippen LogP contribution in [0.4, 0.5) is 10.1 Å². The Hall–Kier alpha value is -1.42. The number of aryl methyl sites for hydroxylation is 1. The highest BCUT2D eigenvalue weighted by molar-refractivity contribution is 5.99. The Bertz CT molecular complexity index is 433. The maximum Gasteiger partial charge on any atom is 0.244 e. The molecule has 92 valence electrons. The maximum atomic E-state index is 13.0. The smallest absolute Gasteiger partial charge is 0.244 e. The average molecular weight is 236 g/mol. The lowest BCUT2D eigenvalue weighted by Crippen LogP contribution is -2.38. The largest absolute Gasteiger partial charge is 0.311 e. The first-order valence-corrected chi connectivity index (χ1v) is 5.94. The summed E-state index contributed by atoms with van der Waals surface area (Å²) in [5.41, 5.74) is 1.62. The lowest BCUT2D eigenvalue weighted by molar-refractivity contribution is -0.118. The van der Waals surface area contributed by atoms with E-state index < -0.39 is 0 Å². The van der Waals surface area contributed by atoms with Crippen molar-refractivity contribution in [1.82, 2.24) is 5.32 Å².